The van der Waals surface area contributed by atoms with E-state index in [4.69, 9.17) is 5.73 Å². The number of carbonyl (C=O) groups is 1. The molecule has 4 nitrogen and oxygen atoms in total. The molecule has 4 fully saturated rings. The number of amides is 1. The van der Waals surface area contributed by atoms with Crippen LogP contribution in [0.5, 0.6) is 0 Å². The van der Waals surface area contributed by atoms with Crippen molar-refractivity contribution in [1.82, 2.24) is 9.80 Å². The summed E-state index contributed by atoms with van der Waals surface area (Å²) in [5, 5.41) is 0. The van der Waals surface area contributed by atoms with Crippen molar-refractivity contribution >= 4 is 5.91 Å². The van der Waals surface area contributed by atoms with Gasteiger partial charge in [0, 0.05) is 31.1 Å². The maximum atomic E-state index is 13.1. The van der Waals surface area contributed by atoms with Crippen LogP contribution < -0.4 is 5.73 Å². The van der Waals surface area contributed by atoms with E-state index in [0.29, 0.717) is 35.7 Å². The Morgan fingerprint density at radius 1 is 0.957 bits per heavy atom. The molecule has 0 spiro atoms. The lowest BCUT2D eigenvalue weighted by Gasteiger charge is -2.48. The topological polar surface area (TPSA) is 49.6 Å². The maximum Gasteiger partial charge on any atom is 0.225 e. The number of rotatable bonds is 1. The zero-order valence-corrected chi connectivity index (χ0v) is 14.6. The SMILES string of the molecule is CN1CCCC2CN(C(=O)C3CC4CCCC(C3)C4N)CCC21. The summed E-state index contributed by atoms with van der Waals surface area (Å²) in [6.07, 6.45) is 9.70. The van der Waals surface area contributed by atoms with Crippen LogP contribution in [0.25, 0.3) is 0 Å². The van der Waals surface area contributed by atoms with Crippen LogP contribution in [0.1, 0.15) is 51.4 Å². The number of fused-ring (bicyclic) bond motifs is 3. The summed E-state index contributed by atoms with van der Waals surface area (Å²) < 4.78 is 0. The first kappa shape index (κ1) is 15.9. The first-order valence-electron chi connectivity index (χ1n) is 9.88. The Kier molecular flexibility index (Phi) is 4.39. The van der Waals surface area contributed by atoms with Crippen LogP contribution in [-0.2, 0) is 4.79 Å². The Bertz CT molecular complexity index is 440. The van der Waals surface area contributed by atoms with Crippen molar-refractivity contribution in [2.75, 3.05) is 26.7 Å². The fraction of sp³-hybridized carbons (Fsp3) is 0.947. The number of nitrogens with zero attached hydrogens (tertiary/aromatic N) is 2. The molecule has 2 bridgehead atoms. The predicted molar refractivity (Wildman–Crippen MR) is 91.9 cm³/mol. The third-order valence-corrected chi connectivity index (χ3v) is 7.42. The van der Waals surface area contributed by atoms with Gasteiger partial charge in [0.25, 0.3) is 0 Å². The Morgan fingerprint density at radius 3 is 2.39 bits per heavy atom. The molecule has 1 amide bonds. The summed E-state index contributed by atoms with van der Waals surface area (Å²) in [5.41, 5.74) is 6.40. The average molecular weight is 319 g/mol. The number of piperidine rings is 2. The highest BCUT2D eigenvalue weighted by Gasteiger charge is 2.43. The summed E-state index contributed by atoms with van der Waals surface area (Å²) in [7, 11) is 2.26. The summed E-state index contributed by atoms with van der Waals surface area (Å²) in [6, 6.07) is 1.08. The number of carbonyl (C=O) groups excluding carboxylic acids is 1. The van der Waals surface area contributed by atoms with Crippen molar-refractivity contribution in [2.24, 2.45) is 29.4 Å². The molecule has 130 valence electrons. The normalized spacial score (nSPS) is 44.7. The Morgan fingerprint density at radius 2 is 1.65 bits per heavy atom. The van der Waals surface area contributed by atoms with Gasteiger partial charge >= 0.3 is 0 Å². The zero-order chi connectivity index (χ0) is 16.0. The van der Waals surface area contributed by atoms with Gasteiger partial charge in [-0.25, -0.2) is 0 Å². The lowest BCUT2D eigenvalue weighted by atomic mass is 9.64. The number of nitrogens with two attached hydrogens (primary N) is 1. The lowest BCUT2D eigenvalue weighted by Crippen LogP contribution is -2.56. The molecule has 2 saturated heterocycles. The molecule has 4 unspecified atom stereocenters. The highest BCUT2D eigenvalue weighted by Crippen LogP contribution is 2.43. The van der Waals surface area contributed by atoms with Gasteiger partial charge < -0.3 is 15.5 Å². The molecule has 4 heteroatoms. The van der Waals surface area contributed by atoms with E-state index in [-0.39, 0.29) is 5.92 Å². The third-order valence-electron chi connectivity index (χ3n) is 7.42. The van der Waals surface area contributed by atoms with E-state index in [9.17, 15) is 4.79 Å². The second kappa shape index (κ2) is 6.36. The molecule has 4 aliphatic rings. The quantitative estimate of drug-likeness (QED) is 0.805. The fourth-order valence-electron chi connectivity index (χ4n) is 6.10. The van der Waals surface area contributed by atoms with Crippen LogP contribution in [0, 0.1) is 23.7 Å². The molecule has 4 atom stereocenters. The monoisotopic (exact) mass is 319 g/mol. The number of hydrogen-bond donors (Lipinski definition) is 1. The van der Waals surface area contributed by atoms with Gasteiger partial charge in [0.1, 0.15) is 0 Å². The summed E-state index contributed by atoms with van der Waals surface area (Å²) in [4.78, 5) is 17.9. The van der Waals surface area contributed by atoms with Crippen LogP contribution in [0.3, 0.4) is 0 Å². The summed E-state index contributed by atoms with van der Waals surface area (Å²) in [5.74, 6) is 2.64. The molecule has 0 radical (unpaired) electrons. The largest absolute Gasteiger partial charge is 0.342 e. The van der Waals surface area contributed by atoms with Crippen LogP contribution in [0.2, 0.25) is 0 Å². The van der Waals surface area contributed by atoms with Crippen molar-refractivity contribution in [3.8, 4) is 0 Å². The summed E-state index contributed by atoms with van der Waals surface area (Å²) >= 11 is 0. The lowest BCUT2D eigenvalue weighted by molar-refractivity contribution is -0.142. The van der Waals surface area contributed by atoms with Crippen molar-refractivity contribution in [1.29, 1.82) is 0 Å². The minimum Gasteiger partial charge on any atom is -0.342 e. The molecule has 2 saturated carbocycles. The minimum absolute atomic E-state index is 0.267. The molecule has 2 aliphatic heterocycles. The predicted octanol–water partition coefficient (Wildman–Crippen LogP) is 2.08. The number of hydrogen-bond acceptors (Lipinski definition) is 3. The van der Waals surface area contributed by atoms with E-state index in [0.717, 1.165) is 25.9 Å². The smallest absolute Gasteiger partial charge is 0.225 e. The van der Waals surface area contributed by atoms with Crippen molar-refractivity contribution in [2.45, 2.75) is 63.5 Å². The minimum atomic E-state index is 0.267. The van der Waals surface area contributed by atoms with Crippen molar-refractivity contribution in [3.63, 3.8) is 0 Å². The van der Waals surface area contributed by atoms with Gasteiger partial charge in [-0.15, -0.1) is 0 Å². The van der Waals surface area contributed by atoms with Gasteiger partial charge in [0.05, 0.1) is 0 Å². The standard InChI is InChI=1S/C19H33N3O/c1-21-8-3-6-15-12-22(9-7-17(15)21)19(23)16-10-13-4-2-5-14(11-16)18(13)20/h13-18H,2-12,20H2,1H3. The Balaban J connectivity index is 1.40. The molecule has 2 aliphatic carbocycles. The van der Waals surface area contributed by atoms with E-state index >= 15 is 0 Å². The Labute approximate surface area is 140 Å². The molecule has 2 N–H and O–H groups in total. The molecule has 0 aromatic carbocycles. The molecule has 2 heterocycles. The Hall–Kier alpha value is -0.610. The molecular weight excluding hydrogens is 286 g/mol. The highest BCUT2D eigenvalue weighted by molar-refractivity contribution is 5.79. The molecule has 23 heavy (non-hydrogen) atoms. The van der Waals surface area contributed by atoms with Gasteiger partial charge in [0.2, 0.25) is 5.91 Å². The summed E-state index contributed by atoms with van der Waals surface area (Å²) in [6.45, 7) is 3.22. The van der Waals surface area contributed by atoms with Crippen LogP contribution >= 0.6 is 0 Å². The molecule has 0 aromatic heterocycles. The highest BCUT2D eigenvalue weighted by atomic mass is 16.2. The van der Waals surface area contributed by atoms with Gasteiger partial charge in [-0.05, 0) is 76.3 Å². The molecule has 0 aromatic rings. The van der Waals surface area contributed by atoms with Crippen LogP contribution in [0.4, 0.5) is 0 Å². The van der Waals surface area contributed by atoms with E-state index in [1.54, 1.807) is 0 Å². The average Bonchev–Trinajstić information content (AvgIpc) is 2.54. The zero-order valence-electron chi connectivity index (χ0n) is 14.6. The van der Waals surface area contributed by atoms with Crippen molar-refractivity contribution < 1.29 is 4.79 Å². The van der Waals surface area contributed by atoms with E-state index in [1.807, 2.05) is 0 Å². The van der Waals surface area contributed by atoms with Crippen LogP contribution in [0.15, 0.2) is 0 Å². The van der Waals surface area contributed by atoms with Gasteiger partial charge in [0.15, 0.2) is 0 Å². The first-order chi connectivity index (χ1) is 11.1. The van der Waals surface area contributed by atoms with Gasteiger partial charge in [-0.3, -0.25) is 4.79 Å². The van der Waals surface area contributed by atoms with Crippen LogP contribution in [-0.4, -0.2) is 54.5 Å². The molecular formula is C19H33N3O. The van der Waals surface area contributed by atoms with E-state index in [1.165, 1.54) is 45.1 Å². The van der Waals surface area contributed by atoms with Gasteiger partial charge in [-0.1, -0.05) is 6.42 Å². The third kappa shape index (κ3) is 2.93. The van der Waals surface area contributed by atoms with E-state index in [2.05, 4.69) is 16.8 Å². The fourth-order valence-corrected chi connectivity index (χ4v) is 6.10. The number of likely N-dealkylation sites (tertiary alicyclic amines) is 2. The van der Waals surface area contributed by atoms with E-state index < -0.39 is 0 Å². The second-order valence-corrected chi connectivity index (χ2v) is 8.72. The molecule has 4 rings (SSSR count). The van der Waals surface area contributed by atoms with Crippen molar-refractivity contribution in [3.05, 3.63) is 0 Å². The first-order valence-corrected chi connectivity index (χ1v) is 9.88. The maximum absolute atomic E-state index is 13.1. The second-order valence-electron chi connectivity index (χ2n) is 8.72. The van der Waals surface area contributed by atoms with Gasteiger partial charge in [-0.2, -0.15) is 0 Å².